The molecule has 0 saturated carbocycles. The number of hydrogen-bond donors (Lipinski definition) is 2. The summed E-state index contributed by atoms with van der Waals surface area (Å²) in [6.07, 6.45) is 0.775. The first-order valence-corrected chi connectivity index (χ1v) is 8.68. The predicted octanol–water partition coefficient (Wildman–Crippen LogP) is 4.12. The van der Waals surface area contributed by atoms with Crippen LogP contribution in [0.1, 0.15) is 11.8 Å². The Morgan fingerprint density at radius 1 is 1.25 bits per heavy atom. The molecule has 0 saturated heterocycles. The quantitative estimate of drug-likeness (QED) is 0.814. The molecular formula is C12H11Cl2NO3S2. The average Bonchev–Trinajstić information content (AvgIpc) is 2.85. The van der Waals surface area contributed by atoms with Gasteiger partial charge < -0.3 is 5.11 Å². The number of hydrogen-bond acceptors (Lipinski definition) is 4. The molecule has 8 heteroatoms. The van der Waals surface area contributed by atoms with E-state index >= 15 is 0 Å². The third-order valence-corrected chi connectivity index (χ3v) is 6.20. The summed E-state index contributed by atoms with van der Waals surface area (Å²) in [4.78, 5) is 0.979. The fraction of sp³-hybridized carbons (Fsp3) is 0.167. The van der Waals surface area contributed by atoms with Crippen molar-refractivity contribution in [1.29, 1.82) is 0 Å². The largest absolute Gasteiger partial charge is 0.505 e. The van der Waals surface area contributed by atoms with E-state index in [1.165, 1.54) is 23.5 Å². The van der Waals surface area contributed by atoms with Crippen molar-refractivity contribution in [2.45, 2.75) is 17.6 Å². The lowest BCUT2D eigenvalue weighted by molar-refractivity contribution is 0.476. The number of thiophene rings is 1. The number of benzene rings is 1. The van der Waals surface area contributed by atoms with Gasteiger partial charge >= 0.3 is 0 Å². The molecule has 0 amide bonds. The molecule has 0 spiro atoms. The van der Waals surface area contributed by atoms with Crippen molar-refractivity contribution in [2.75, 3.05) is 4.72 Å². The maximum Gasteiger partial charge on any atom is 0.271 e. The van der Waals surface area contributed by atoms with Gasteiger partial charge in [0.05, 0.1) is 15.7 Å². The molecule has 2 rings (SSSR count). The molecule has 0 radical (unpaired) electrons. The molecule has 2 aromatic rings. The van der Waals surface area contributed by atoms with Crippen LogP contribution in [0.25, 0.3) is 0 Å². The Kier molecular flexibility index (Phi) is 4.49. The first-order chi connectivity index (χ1) is 9.33. The maximum atomic E-state index is 12.2. The zero-order valence-corrected chi connectivity index (χ0v) is 13.5. The number of rotatable bonds is 4. The van der Waals surface area contributed by atoms with Crippen LogP contribution in [0.4, 0.5) is 5.69 Å². The van der Waals surface area contributed by atoms with Crippen LogP contribution in [0.5, 0.6) is 5.75 Å². The van der Waals surface area contributed by atoms with Crippen LogP contribution in [0, 0.1) is 0 Å². The van der Waals surface area contributed by atoms with E-state index in [4.69, 9.17) is 23.2 Å². The Labute approximate surface area is 131 Å². The molecule has 0 aliphatic rings. The highest BCUT2D eigenvalue weighted by Gasteiger charge is 2.18. The number of phenolic OH excluding ortho intramolecular Hbond substituents is 1. The van der Waals surface area contributed by atoms with Crippen molar-refractivity contribution in [3.63, 3.8) is 0 Å². The van der Waals surface area contributed by atoms with Gasteiger partial charge in [0.25, 0.3) is 10.0 Å². The van der Waals surface area contributed by atoms with Crippen molar-refractivity contribution in [3.8, 4) is 5.75 Å². The SMILES string of the molecule is CCc1ccc(S(=O)(=O)Nc2cc(Cl)c(O)c(Cl)c2)s1. The lowest BCUT2D eigenvalue weighted by atomic mass is 10.3. The van der Waals surface area contributed by atoms with E-state index in [0.29, 0.717) is 0 Å². The molecule has 0 aliphatic carbocycles. The number of aryl methyl sites for hydroxylation is 1. The van der Waals surface area contributed by atoms with Gasteiger partial charge in [0.2, 0.25) is 0 Å². The molecule has 0 bridgehead atoms. The monoisotopic (exact) mass is 351 g/mol. The van der Waals surface area contributed by atoms with Crippen LogP contribution >= 0.6 is 34.5 Å². The highest BCUT2D eigenvalue weighted by molar-refractivity contribution is 7.94. The third-order valence-electron chi connectivity index (χ3n) is 2.52. The second-order valence-electron chi connectivity index (χ2n) is 3.97. The van der Waals surface area contributed by atoms with Crippen LogP contribution in [-0.2, 0) is 16.4 Å². The Bertz CT molecular complexity index is 718. The summed E-state index contributed by atoms with van der Waals surface area (Å²) in [5.74, 6) is -0.277. The summed E-state index contributed by atoms with van der Waals surface area (Å²) < 4.78 is 27.0. The van der Waals surface area contributed by atoms with E-state index in [0.717, 1.165) is 11.3 Å². The third kappa shape index (κ3) is 3.20. The van der Waals surface area contributed by atoms with E-state index in [-0.39, 0.29) is 25.7 Å². The van der Waals surface area contributed by atoms with E-state index < -0.39 is 10.0 Å². The molecule has 20 heavy (non-hydrogen) atoms. The standard InChI is InChI=1S/C12H11Cl2NO3S2/c1-2-8-3-4-11(19-8)20(17,18)15-7-5-9(13)12(16)10(14)6-7/h3-6,15-16H,2H2,1H3. The summed E-state index contributed by atoms with van der Waals surface area (Å²) in [5, 5.41) is 9.41. The van der Waals surface area contributed by atoms with Crippen LogP contribution in [0.15, 0.2) is 28.5 Å². The molecule has 0 fully saturated rings. The van der Waals surface area contributed by atoms with Gasteiger partial charge in [0.1, 0.15) is 4.21 Å². The zero-order valence-electron chi connectivity index (χ0n) is 10.4. The Hall–Kier alpha value is -0.950. The summed E-state index contributed by atoms with van der Waals surface area (Å²) in [7, 11) is -3.68. The molecule has 0 unspecified atom stereocenters. The van der Waals surface area contributed by atoms with E-state index in [9.17, 15) is 13.5 Å². The molecular weight excluding hydrogens is 341 g/mol. The number of sulfonamides is 1. The minimum atomic E-state index is -3.68. The van der Waals surface area contributed by atoms with Gasteiger partial charge in [-0.25, -0.2) is 8.42 Å². The van der Waals surface area contributed by atoms with Crippen LogP contribution in [0.3, 0.4) is 0 Å². The minimum Gasteiger partial charge on any atom is -0.505 e. The summed E-state index contributed by atoms with van der Waals surface area (Å²) in [6.45, 7) is 1.95. The fourth-order valence-corrected chi connectivity index (χ4v) is 4.35. The number of phenols is 1. The van der Waals surface area contributed by atoms with Crippen LogP contribution in [0.2, 0.25) is 10.0 Å². The van der Waals surface area contributed by atoms with Crippen molar-refractivity contribution in [1.82, 2.24) is 0 Å². The normalized spacial score (nSPS) is 11.6. The van der Waals surface area contributed by atoms with E-state index in [1.54, 1.807) is 12.1 Å². The Morgan fingerprint density at radius 2 is 1.85 bits per heavy atom. The second kappa shape index (κ2) is 5.81. The molecule has 0 aliphatic heterocycles. The Balaban J connectivity index is 2.33. The topological polar surface area (TPSA) is 66.4 Å². The van der Waals surface area contributed by atoms with Gasteiger partial charge in [-0.15, -0.1) is 11.3 Å². The van der Waals surface area contributed by atoms with E-state index in [1.807, 2.05) is 6.92 Å². The van der Waals surface area contributed by atoms with E-state index in [2.05, 4.69) is 4.72 Å². The Morgan fingerprint density at radius 3 is 2.35 bits per heavy atom. The van der Waals surface area contributed by atoms with Crippen molar-refractivity contribution < 1.29 is 13.5 Å². The highest BCUT2D eigenvalue weighted by Crippen LogP contribution is 2.35. The molecule has 1 heterocycles. The average molecular weight is 352 g/mol. The number of halogens is 2. The van der Waals surface area contributed by atoms with Gasteiger partial charge in [0.15, 0.2) is 5.75 Å². The van der Waals surface area contributed by atoms with Gasteiger partial charge in [-0.1, -0.05) is 30.1 Å². The predicted molar refractivity (Wildman–Crippen MR) is 82.6 cm³/mol. The van der Waals surface area contributed by atoms with Gasteiger partial charge in [-0.2, -0.15) is 0 Å². The summed E-state index contributed by atoms with van der Waals surface area (Å²) >= 11 is 12.7. The van der Waals surface area contributed by atoms with Crippen molar-refractivity contribution >= 4 is 50.2 Å². The van der Waals surface area contributed by atoms with Crippen LogP contribution < -0.4 is 4.72 Å². The molecule has 4 nitrogen and oxygen atoms in total. The van der Waals surface area contributed by atoms with Crippen molar-refractivity contribution in [2.24, 2.45) is 0 Å². The van der Waals surface area contributed by atoms with Crippen molar-refractivity contribution in [3.05, 3.63) is 39.2 Å². The lowest BCUT2D eigenvalue weighted by Crippen LogP contribution is -2.11. The van der Waals surface area contributed by atoms with Gasteiger partial charge in [-0.05, 0) is 30.7 Å². The second-order valence-corrected chi connectivity index (χ2v) is 7.86. The number of nitrogens with one attached hydrogen (secondary N) is 1. The first-order valence-electron chi connectivity index (χ1n) is 5.63. The van der Waals surface area contributed by atoms with Gasteiger partial charge in [0, 0.05) is 4.88 Å². The molecule has 108 valence electrons. The summed E-state index contributed by atoms with van der Waals surface area (Å²) in [5.41, 5.74) is 0.198. The number of anilines is 1. The zero-order chi connectivity index (χ0) is 14.9. The highest BCUT2D eigenvalue weighted by atomic mass is 35.5. The number of aromatic hydroxyl groups is 1. The van der Waals surface area contributed by atoms with Gasteiger partial charge in [-0.3, -0.25) is 4.72 Å². The summed E-state index contributed by atoms with van der Waals surface area (Å²) in [6, 6.07) is 5.93. The smallest absolute Gasteiger partial charge is 0.271 e. The van der Waals surface area contributed by atoms with Crippen LogP contribution in [-0.4, -0.2) is 13.5 Å². The first kappa shape index (κ1) is 15.4. The molecule has 1 aromatic carbocycles. The molecule has 1 aromatic heterocycles. The molecule has 0 atom stereocenters. The lowest BCUT2D eigenvalue weighted by Gasteiger charge is -2.08. The minimum absolute atomic E-state index is 0.0179. The maximum absolute atomic E-state index is 12.2. The fourth-order valence-electron chi connectivity index (χ4n) is 1.52. The molecule has 2 N–H and O–H groups in total.